The first-order valence-electron chi connectivity index (χ1n) is 9.82. The fraction of sp³-hybridized carbons (Fsp3) is 0.381. The first-order valence-corrected chi connectivity index (χ1v) is 9.82. The third kappa shape index (κ3) is 4.83. The van der Waals surface area contributed by atoms with Crippen LogP contribution in [0.15, 0.2) is 42.5 Å². The smallest absolute Gasteiger partial charge is 0.270 e. The van der Waals surface area contributed by atoms with Crippen molar-refractivity contribution in [3.63, 3.8) is 0 Å². The minimum Gasteiger partial charge on any atom is -0.492 e. The lowest BCUT2D eigenvalue weighted by molar-refractivity contribution is -0.384. The maximum atomic E-state index is 13.1. The molecule has 8 nitrogen and oxygen atoms in total. The van der Waals surface area contributed by atoms with Crippen LogP contribution in [0.2, 0.25) is 0 Å². The van der Waals surface area contributed by atoms with Crippen molar-refractivity contribution in [2.24, 2.45) is 0 Å². The number of nitrogens with one attached hydrogen (secondary N) is 1. The number of nitro benzene ring substituents is 1. The van der Waals surface area contributed by atoms with E-state index in [0.717, 1.165) is 32.7 Å². The maximum Gasteiger partial charge on any atom is 0.270 e. The van der Waals surface area contributed by atoms with Crippen molar-refractivity contribution in [3.8, 4) is 5.75 Å². The topological polar surface area (TPSA) is 87.9 Å². The summed E-state index contributed by atoms with van der Waals surface area (Å²) in [6, 6.07) is 11.6. The molecular formula is C21H26N4O4. The number of amides is 1. The first kappa shape index (κ1) is 20.6. The van der Waals surface area contributed by atoms with E-state index in [4.69, 9.17) is 4.74 Å². The molecule has 1 amide bonds. The summed E-state index contributed by atoms with van der Waals surface area (Å²) in [5, 5.41) is 14.1. The summed E-state index contributed by atoms with van der Waals surface area (Å²) >= 11 is 0. The molecule has 154 valence electrons. The van der Waals surface area contributed by atoms with Crippen LogP contribution in [0.3, 0.4) is 0 Å². The highest BCUT2D eigenvalue weighted by Gasteiger charge is 2.24. The summed E-state index contributed by atoms with van der Waals surface area (Å²) in [6.45, 7) is 8.75. The molecule has 1 heterocycles. The number of para-hydroxylation sites is 2. The number of hydrogen-bond donors (Lipinski definition) is 1. The van der Waals surface area contributed by atoms with Gasteiger partial charge in [-0.25, -0.2) is 0 Å². The molecule has 1 aliphatic heterocycles. The molecular weight excluding hydrogens is 372 g/mol. The van der Waals surface area contributed by atoms with Gasteiger partial charge in [-0.1, -0.05) is 19.1 Å². The lowest BCUT2D eigenvalue weighted by Crippen LogP contribution is -2.46. The molecule has 0 unspecified atom stereocenters. The number of non-ortho nitro benzene ring substituents is 1. The molecule has 0 aromatic heterocycles. The number of rotatable bonds is 7. The van der Waals surface area contributed by atoms with E-state index in [1.807, 2.05) is 13.0 Å². The summed E-state index contributed by atoms with van der Waals surface area (Å²) < 4.78 is 5.57. The van der Waals surface area contributed by atoms with Gasteiger partial charge in [0.05, 0.1) is 28.5 Å². The molecule has 0 atom stereocenters. The molecule has 0 radical (unpaired) electrons. The molecule has 0 saturated carbocycles. The van der Waals surface area contributed by atoms with Gasteiger partial charge in [0.1, 0.15) is 5.75 Å². The van der Waals surface area contributed by atoms with Gasteiger partial charge in [-0.3, -0.25) is 14.9 Å². The Balaban J connectivity index is 1.91. The molecule has 1 N–H and O–H groups in total. The predicted molar refractivity (Wildman–Crippen MR) is 113 cm³/mol. The number of carbonyl (C=O) groups is 1. The second kappa shape index (κ2) is 9.38. The number of hydrogen-bond acceptors (Lipinski definition) is 6. The summed E-state index contributed by atoms with van der Waals surface area (Å²) in [5.74, 6) is 0.167. The van der Waals surface area contributed by atoms with E-state index in [0.29, 0.717) is 23.7 Å². The number of carbonyl (C=O) groups excluding carboxylic acids is 1. The van der Waals surface area contributed by atoms with Crippen LogP contribution in [0.5, 0.6) is 5.75 Å². The second-order valence-electron chi connectivity index (χ2n) is 6.76. The van der Waals surface area contributed by atoms with Crippen LogP contribution >= 0.6 is 0 Å². The zero-order chi connectivity index (χ0) is 20.8. The van der Waals surface area contributed by atoms with Crippen molar-refractivity contribution in [1.82, 2.24) is 4.90 Å². The number of nitrogens with zero attached hydrogens (tertiary/aromatic N) is 3. The average molecular weight is 398 g/mol. The highest BCUT2D eigenvalue weighted by Crippen LogP contribution is 2.29. The highest BCUT2D eigenvalue weighted by atomic mass is 16.6. The monoisotopic (exact) mass is 398 g/mol. The maximum absolute atomic E-state index is 13.1. The van der Waals surface area contributed by atoms with E-state index in [1.54, 1.807) is 24.3 Å². The van der Waals surface area contributed by atoms with Crippen LogP contribution < -0.4 is 15.0 Å². The summed E-state index contributed by atoms with van der Waals surface area (Å²) in [5.41, 5.74) is 1.42. The van der Waals surface area contributed by atoms with E-state index >= 15 is 0 Å². The lowest BCUT2D eigenvalue weighted by atomic mass is 10.1. The molecule has 8 heteroatoms. The Hall–Kier alpha value is -3.13. The molecule has 1 saturated heterocycles. The quantitative estimate of drug-likeness (QED) is 0.568. The van der Waals surface area contributed by atoms with E-state index in [9.17, 15) is 14.9 Å². The Morgan fingerprint density at radius 3 is 2.52 bits per heavy atom. The average Bonchev–Trinajstić information content (AvgIpc) is 2.75. The van der Waals surface area contributed by atoms with Gasteiger partial charge in [0, 0.05) is 38.3 Å². The van der Waals surface area contributed by atoms with E-state index in [1.165, 1.54) is 12.1 Å². The van der Waals surface area contributed by atoms with Crippen molar-refractivity contribution >= 4 is 23.0 Å². The highest BCUT2D eigenvalue weighted by molar-refractivity contribution is 6.09. The van der Waals surface area contributed by atoms with Crippen molar-refractivity contribution in [2.75, 3.05) is 49.5 Å². The zero-order valence-electron chi connectivity index (χ0n) is 16.8. The van der Waals surface area contributed by atoms with Crippen LogP contribution in [0, 0.1) is 10.1 Å². The standard InChI is InChI=1S/C21H26N4O4/c1-3-23-11-13-24(14-12-23)19-10-9-16(25(27)28)15-17(19)21(26)22-18-7-5-6-8-20(18)29-4-2/h5-10,15H,3-4,11-14H2,1-2H3,(H,22,26). The molecule has 29 heavy (non-hydrogen) atoms. The van der Waals surface area contributed by atoms with Gasteiger partial charge in [0.2, 0.25) is 0 Å². The van der Waals surface area contributed by atoms with Crippen molar-refractivity contribution < 1.29 is 14.5 Å². The van der Waals surface area contributed by atoms with Crippen LogP contribution in [-0.4, -0.2) is 55.1 Å². The number of nitro groups is 1. The molecule has 0 aliphatic carbocycles. The molecule has 2 aromatic carbocycles. The van der Waals surface area contributed by atoms with E-state index in [2.05, 4.69) is 22.0 Å². The lowest BCUT2D eigenvalue weighted by Gasteiger charge is -2.36. The third-order valence-electron chi connectivity index (χ3n) is 5.03. The van der Waals surface area contributed by atoms with Gasteiger partial charge in [0.25, 0.3) is 11.6 Å². The number of ether oxygens (including phenoxy) is 1. The summed E-state index contributed by atoms with van der Waals surface area (Å²) in [4.78, 5) is 28.3. The third-order valence-corrected chi connectivity index (χ3v) is 5.03. The Morgan fingerprint density at radius 2 is 1.86 bits per heavy atom. The number of benzene rings is 2. The molecule has 1 fully saturated rings. The van der Waals surface area contributed by atoms with Crippen LogP contribution in [-0.2, 0) is 0 Å². The number of anilines is 2. The Labute approximate surface area is 170 Å². The van der Waals surface area contributed by atoms with Gasteiger partial charge in [-0.15, -0.1) is 0 Å². The largest absolute Gasteiger partial charge is 0.492 e. The Bertz CT molecular complexity index is 879. The normalized spacial score (nSPS) is 14.5. The van der Waals surface area contributed by atoms with Crippen LogP contribution in [0.25, 0.3) is 0 Å². The minimum atomic E-state index is -0.482. The van der Waals surface area contributed by atoms with Crippen LogP contribution in [0.1, 0.15) is 24.2 Å². The van der Waals surface area contributed by atoms with E-state index in [-0.39, 0.29) is 11.3 Å². The fourth-order valence-electron chi connectivity index (χ4n) is 3.44. The second-order valence-corrected chi connectivity index (χ2v) is 6.76. The van der Waals surface area contributed by atoms with Crippen LogP contribution in [0.4, 0.5) is 17.1 Å². The number of piperazine rings is 1. The fourth-order valence-corrected chi connectivity index (χ4v) is 3.44. The predicted octanol–water partition coefficient (Wildman–Crippen LogP) is 3.39. The Kier molecular flexibility index (Phi) is 6.66. The van der Waals surface area contributed by atoms with Gasteiger partial charge < -0.3 is 19.9 Å². The van der Waals surface area contributed by atoms with Gasteiger partial charge in [0.15, 0.2) is 0 Å². The summed E-state index contributed by atoms with van der Waals surface area (Å²) in [6.07, 6.45) is 0. The number of likely N-dealkylation sites (N-methyl/N-ethyl adjacent to an activating group) is 1. The van der Waals surface area contributed by atoms with Crippen molar-refractivity contribution in [2.45, 2.75) is 13.8 Å². The van der Waals surface area contributed by atoms with Crippen molar-refractivity contribution in [3.05, 3.63) is 58.1 Å². The van der Waals surface area contributed by atoms with Gasteiger partial charge in [-0.2, -0.15) is 0 Å². The Morgan fingerprint density at radius 1 is 1.14 bits per heavy atom. The van der Waals surface area contributed by atoms with Crippen molar-refractivity contribution in [1.29, 1.82) is 0 Å². The van der Waals surface area contributed by atoms with Gasteiger partial charge in [-0.05, 0) is 31.7 Å². The first-order chi connectivity index (χ1) is 14.0. The molecule has 3 rings (SSSR count). The van der Waals surface area contributed by atoms with Gasteiger partial charge >= 0.3 is 0 Å². The SMILES string of the molecule is CCOc1ccccc1NC(=O)c1cc([N+](=O)[O-])ccc1N1CCN(CC)CC1. The molecule has 0 spiro atoms. The summed E-state index contributed by atoms with van der Waals surface area (Å²) in [7, 11) is 0. The zero-order valence-corrected chi connectivity index (χ0v) is 16.8. The minimum absolute atomic E-state index is 0.107. The molecule has 1 aliphatic rings. The van der Waals surface area contributed by atoms with E-state index < -0.39 is 10.8 Å². The molecule has 2 aromatic rings. The molecule has 0 bridgehead atoms.